The Bertz CT molecular complexity index is 343. The van der Waals surface area contributed by atoms with Crippen LogP contribution in [0.2, 0.25) is 0 Å². The summed E-state index contributed by atoms with van der Waals surface area (Å²) in [5.74, 6) is 1.29. The molecule has 1 atom stereocenters. The van der Waals surface area contributed by atoms with Gasteiger partial charge < -0.3 is 10.2 Å². The first-order valence-electron chi connectivity index (χ1n) is 6.01. The second-order valence-electron chi connectivity index (χ2n) is 4.39. The van der Waals surface area contributed by atoms with E-state index in [2.05, 4.69) is 56.3 Å². The van der Waals surface area contributed by atoms with Crippen LogP contribution in [0.15, 0.2) is 15.9 Å². The van der Waals surface area contributed by atoms with Crippen molar-refractivity contribution in [2.45, 2.75) is 18.7 Å². The van der Waals surface area contributed by atoms with Gasteiger partial charge in [0.15, 0.2) is 0 Å². The summed E-state index contributed by atoms with van der Waals surface area (Å²) in [7, 11) is 0. The third kappa shape index (κ3) is 4.91. The lowest BCUT2D eigenvalue weighted by Crippen LogP contribution is -2.40. The summed E-state index contributed by atoms with van der Waals surface area (Å²) >= 11 is 7.39. The van der Waals surface area contributed by atoms with E-state index in [1.165, 1.54) is 34.7 Å². The van der Waals surface area contributed by atoms with Crippen LogP contribution >= 0.6 is 39.0 Å². The van der Waals surface area contributed by atoms with E-state index in [-0.39, 0.29) is 0 Å². The SMILES string of the molecule is CC1CN(CCNCc2cc(Br)cs2)CCS1. The predicted octanol–water partition coefficient (Wildman–Crippen LogP) is 3.04. The number of hydrogen-bond acceptors (Lipinski definition) is 4. The van der Waals surface area contributed by atoms with Gasteiger partial charge in [0.2, 0.25) is 0 Å². The van der Waals surface area contributed by atoms with Gasteiger partial charge in [-0.15, -0.1) is 11.3 Å². The minimum absolute atomic E-state index is 0.803. The molecule has 1 aromatic rings. The van der Waals surface area contributed by atoms with Crippen molar-refractivity contribution in [2.75, 3.05) is 31.9 Å². The number of rotatable bonds is 5. The lowest BCUT2D eigenvalue weighted by molar-refractivity contribution is 0.285. The number of nitrogens with zero attached hydrogens (tertiary/aromatic N) is 1. The average Bonchev–Trinajstić information content (AvgIpc) is 2.71. The molecule has 0 spiro atoms. The van der Waals surface area contributed by atoms with Crippen LogP contribution < -0.4 is 5.32 Å². The Morgan fingerprint density at radius 1 is 1.59 bits per heavy atom. The molecule has 2 nitrogen and oxygen atoms in total. The highest BCUT2D eigenvalue weighted by Crippen LogP contribution is 2.19. The van der Waals surface area contributed by atoms with Crippen molar-refractivity contribution in [3.05, 3.63) is 20.8 Å². The van der Waals surface area contributed by atoms with E-state index in [1.807, 2.05) is 11.3 Å². The molecule has 5 heteroatoms. The third-order valence-corrected chi connectivity index (χ3v) is 5.68. The van der Waals surface area contributed by atoms with Crippen LogP contribution in [0.1, 0.15) is 11.8 Å². The van der Waals surface area contributed by atoms with Crippen LogP contribution in [-0.4, -0.2) is 42.1 Å². The first-order valence-corrected chi connectivity index (χ1v) is 8.74. The molecular weight excluding hydrogens is 316 g/mol. The van der Waals surface area contributed by atoms with Crippen LogP contribution in [0.3, 0.4) is 0 Å². The van der Waals surface area contributed by atoms with Gasteiger partial charge in [-0.25, -0.2) is 0 Å². The smallest absolute Gasteiger partial charge is 0.0300 e. The first kappa shape index (κ1) is 13.9. The molecule has 0 radical (unpaired) electrons. The van der Waals surface area contributed by atoms with E-state index >= 15 is 0 Å². The maximum absolute atomic E-state index is 3.52. The van der Waals surface area contributed by atoms with Crippen molar-refractivity contribution in [3.8, 4) is 0 Å². The lowest BCUT2D eigenvalue weighted by Gasteiger charge is -2.30. The van der Waals surface area contributed by atoms with Gasteiger partial charge in [0.05, 0.1) is 0 Å². The number of thiophene rings is 1. The van der Waals surface area contributed by atoms with E-state index in [4.69, 9.17) is 0 Å². The maximum atomic E-state index is 3.52. The van der Waals surface area contributed by atoms with E-state index in [0.717, 1.165) is 18.3 Å². The van der Waals surface area contributed by atoms with Crippen LogP contribution in [0.5, 0.6) is 0 Å². The topological polar surface area (TPSA) is 15.3 Å². The van der Waals surface area contributed by atoms with E-state index in [0.29, 0.717) is 0 Å². The van der Waals surface area contributed by atoms with Crippen molar-refractivity contribution < 1.29 is 0 Å². The van der Waals surface area contributed by atoms with Gasteiger partial charge in [-0.1, -0.05) is 6.92 Å². The largest absolute Gasteiger partial charge is 0.311 e. The van der Waals surface area contributed by atoms with Crippen molar-refractivity contribution in [2.24, 2.45) is 0 Å². The van der Waals surface area contributed by atoms with Gasteiger partial charge in [-0.05, 0) is 22.0 Å². The Kier molecular flexibility index (Phi) is 5.83. The normalized spacial score (nSPS) is 21.9. The van der Waals surface area contributed by atoms with Crippen molar-refractivity contribution >= 4 is 39.0 Å². The monoisotopic (exact) mass is 334 g/mol. The Morgan fingerprint density at radius 3 is 3.18 bits per heavy atom. The molecule has 0 saturated carbocycles. The molecule has 0 amide bonds. The molecule has 1 unspecified atom stereocenters. The Balaban J connectivity index is 1.59. The van der Waals surface area contributed by atoms with Crippen LogP contribution in [-0.2, 0) is 6.54 Å². The van der Waals surface area contributed by atoms with Gasteiger partial charge in [-0.2, -0.15) is 11.8 Å². The molecule has 1 N–H and O–H groups in total. The highest BCUT2D eigenvalue weighted by molar-refractivity contribution is 9.10. The Morgan fingerprint density at radius 2 is 2.47 bits per heavy atom. The van der Waals surface area contributed by atoms with Gasteiger partial charge in [0.25, 0.3) is 0 Å². The number of hydrogen-bond donors (Lipinski definition) is 1. The first-order chi connectivity index (χ1) is 8.24. The van der Waals surface area contributed by atoms with Gasteiger partial charge in [-0.3, -0.25) is 0 Å². The predicted molar refractivity (Wildman–Crippen MR) is 82.1 cm³/mol. The van der Waals surface area contributed by atoms with Crippen LogP contribution in [0, 0.1) is 0 Å². The summed E-state index contributed by atoms with van der Waals surface area (Å²) in [5.41, 5.74) is 0. The third-order valence-electron chi connectivity index (χ3n) is 2.85. The summed E-state index contributed by atoms with van der Waals surface area (Å²) in [6, 6.07) is 2.19. The summed E-state index contributed by atoms with van der Waals surface area (Å²) in [6.45, 7) is 8.09. The molecule has 96 valence electrons. The van der Waals surface area contributed by atoms with Crippen LogP contribution in [0.25, 0.3) is 0 Å². The molecule has 1 aromatic heterocycles. The Labute approximate surface area is 120 Å². The summed E-state index contributed by atoms with van der Waals surface area (Å²) in [5, 5.41) is 6.46. The second-order valence-corrected chi connectivity index (χ2v) is 7.85. The highest BCUT2D eigenvalue weighted by atomic mass is 79.9. The molecule has 17 heavy (non-hydrogen) atoms. The molecular formula is C12H19BrN2S2. The zero-order valence-corrected chi connectivity index (χ0v) is 13.3. The minimum atomic E-state index is 0.803. The molecule has 1 fully saturated rings. The van der Waals surface area contributed by atoms with E-state index < -0.39 is 0 Å². The van der Waals surface area contributed by atoms with Crippen molar-refractivity contribution in [3.63, 3.8) is 0 Å². The molecule has 2 rings (SSSR count). The van der Waals surface area contributed by atoms with Gasteiger partial charge in [0, 0.05) is 58.5 Å². The number of nitrogens with one attached hydrogen (secondary N) is 1. The number of halogens is 1. The van der Waals surface area contributed by atoms with Gasteiger partial charge >= 0.3 is 0 Å². The van der Waals surface area contributed by atoms with Crippen LogP contribution in [0.4, 0.5) is 0 Å². The van der Waals surface area contributed by atoms with E-state index in [1.54, 1.807) is 0 Å². The molecule has 0 aromatic carbocycles. The highest BCUT2D eigenvalue weighted by Gasteiger charge is 2.15. The molecule has 2 heterocycles. The second kappa shape index (κ2) is 7.14. The maximum Gasteiger partial charge on any atom is 0.0300 e. The standard InChI is InChI=1S/C12H19BrN2S2/c1-10-8-15(4-5-16-10)3-2-14-7-12-6-11(13)9-17-12/h6,9-10,14H,2-5,7-8H2,1H3. The summed E-state index contributed by atoms with van der Waals surface area (Å²) < 4.78 is 1.20. The summed E-state index contributed by atoms with van der Waals surface area (Å²) in [6.07, 6.45) is 0. The summed E-state index contributed by atoms with van der Waals surface area (Å²) in [4.78, 5) is 3.97. The van der Waals surface area contributed by atoms with E-state index in [9.17, 15) is 0 Å². The van der Waals surface area contributed by atoms with Crippen molar-refractivity contribution in [1.82, 2.24) is 10.2 Å². The zero-order chi connectivity index (χ0) is 12.1. The lowest BCUT2D eigenvalue weighted by atomic mass is 10.3. The van der Waals surface area contributed by atoms with Gasteiger partial charge in [0.1, 0.15) is 0 Å². The fourth-order valence-electron chi connectivity index (χ4n) is 1.99. The molecule has 1 saturated heterocycles. The fourth-order valence-corrected chi connectivity index (χ4v) is 4.49. The fraction of sp³-hybridized carbons (Fsp3) is 0.667. The molecule has 1 aliphatic rings. The average molecular weight is 335 g/mol. The number of thioether (sulfide) groups is 1. The molecule has 0 bridgehead atoms. The molecule has 0 aliphatic carbocycles. The zero-order valence-electron chi connectivity index (χ0n) is 10.1. The molecule has 1 aliphatic heterocycles. The minimum Gasteiger partial charge on any atom is -0.311 e. The van der Waals surface area contributed by atoms with Crippen molar-refractivity contribution in [1.29, 1.82) is 0 Å². The quantitative estimate of drug-likeness (QED) is 0.833. The Hall–Kier alpha value is 0.450.